The summed E-state index contributed by atoms with van der Waals surface area (Å²) in [6.45, 7) is 0.511. The second kappa shape index (κ2) is 10.6. The van der Waals surface area contributed by atoms with Crippen LogP contribution in [-0.2, 0) is 15.4 Å². The van der Waals surface area contributed by atoms with Gasteiger partial charge >= 0.3 is 0 Å². The molecule has 9 heteroatoms. The normalized spacial score (nSPS) is 18.7. The fourth-order valence-electron chi connectivity index (χ4n) is 4.55. The largest absolute Gasteiger partial charge is 0.462 e. The molecule has 0 radical (unpaired) electrons. The molecule has 0 spiro atoms. The summed E-state index contributed by atoms with van der Waals surface area (Å²) in [6, 6.07) is 12.1. The average molecular weight is 482 g/mol. The van der Waals surface area contributed by atoms with Crippen molar-refractivity contribution < 1.29 is 29.5 Å². The number of carbonyl (C=O) groups excluding carboxylic acids is 1. The van der Waals surface area contributed by atoms with Crippen molar-refractivity contribution in [3.05, 3.63) is 65.5 Å². The average Bonchev–Trinajstić information content (AvgIpc) is 2.78. The molecule has 0 bridgehead atoms. The predicted octanol–water partition coefficient (Wildman–Crippen LogP) is 4.02. The summed E-state index contributed by atoms with van der Waals surface area (Å²) in [5.74, 6) is -2.36. The summed E-state index contributed by atoms with van der Waals surface area (Å²) in [6.07, 6.45) is 1.36. The van der Waals surface area contributed by atoms with E-state index in [4.69, 9.17) is 2.74 Å². The van der Waals surface area contributed by atoms with Gasteiger partial charge in [-0.1, -0.05) is 43.3 Å². The zero-order valence-electron chi connectivity index (χ0n) is 20.7. The lowest BCUT2D eigenvalue weighted by molar-refractivity contribution is 0.0883. The molecule has 1 fully saturated rings. The van der Waals surface area contributed by atoms with Gasteiger partial charge in [-0.15, -0.1) is 0 Å². The van der Waals surface area contributed by atoms with Gasteiger partial charge in [0.05, 0.1) is 5.75 Å². The van der Waals surface area contributed by atoms with E-state index in [-0.39, 0.29) is 18.8 Å². The number of hydrogen-bond donors (Lipinski definition) is 1. The number of carbonyl (C=O) groups is 1. The zero-order valence-corrected chi connectivity index (χ0v) is 19.5. The van der Waals surface area contributed by atoms with E-state index in [0.29, 0.717) is 19.3 Å². The second-order valence-corrected chi connectivity index (χ2v) is 10.3. The lowest BCUT2D eigenvalue weighted by Gasteiger charge is -2.45. The van der Waals surface area contributed by atoms with Crippen molar-refractivity contribution in [2.75, 3.05) is 25.7 Å². The summed E-state index contributed by atoms with van der Waals surface area (Å²) >= 11 is 0. The lowest BCUT2D eigenvalue weighted by atomic mass is 9.68. The SMILES string of the molecule is [2H]C([2H])([18F])Oc1cccc(F)c1C(=O)N[C@@H](C)C1(c2ccccc2)CCN(S(=O)(=O)CCC)CC1. The monoisotopic (exact) mass is 481 g/mol. The van der Waals surface area contributed by atoms with Gasteiger partial charge in [-0.2, -0.15) is 0 Å². The maximum Gasteiger partial charge on any atom is 0.258 e. The van der Waals surface area contributed by atoms with Gasteiger partial charge in [0, 0.05) is 24.5 Å². The van der Waals surface area contributed by atoms with Gasteiger partial charge < -0.3 is 10.1 Å². The number of nitrogens with one attached hydrogen (secondary N) is 1. The highest BCUT2D eigenvalue weighted by Crippen LogP contribution is 2.39. The smallest absolute Gasteiger partial charge is 0.258 e. The first kappa shape index (κ1) is 22.3. The molecule has 0 aliphatic carbocycles. The molecule has 180 valence electrons. The number of sulfonamides is 1. The van der Waals surface area contributed by atoms with Crippen molar-refractivity contribution in [2.45, 2.75) is 44.6 Å². The second-order valence-electron chi connectivity index (χ2n) is 8.22. The van der Waals surface area contributed by atoms with Crippen molar-refractivity contribution >= 4 is 15.9 Å². The molecule has 1 aliphatic rings. The van der Waals surface area contributed by atoms with Crippen LogP contribution in [0.15, 0.2) is 48.5 Å². The maximum absolute atomic E-state index is 14.6. The molecule has 2 aromatic carbocycles. The maximum atomic E-state index is 14.6. The highest BCUT2D eigenvalue weighted by atomic mass is 32.2. The molecular weight excluding hydrogens is 449 g/mol. The molecule has 1 aliphatic heterocycles. The molecule has 1 heterocycles. The number of amides is 1. The minimum Gasteiger partial charge on any atom is -0.462 e. The van der Waals surface area contributed by atoms with E-state index in [9.17, 15) is 22.0 Å². The molecule has 33 heavy (non-hydrogen) atoms. The van der Waals surface area contributed by atoms with E-state index in [0.717, 1.165) is 17.7 Å². The van der Waals surface area contributed by atoms with Crippen molar-refractivity contribution in [1.82, 2.24) is 9.62 Å². The summed E-state index contributed by atoms with van der Waals surface area (Å²) in [5, 5.41) is 2.78. The summed E-state index contributed by atoms with van der Waals surface area (Å²) in [5.41, 5.74) is -0.340. The Morgan fingerprint density at radius 3 is 2.48 bits per heavy atom. The molecule has 1 atom stereocenters. The topological polar surface area (TPSA) is 75.7 Å². The molecule has 0 saturated carbocycles. The van der Waals surface area contributed by atoms with Gasteiger partial charge in [0.15, 0.2) is 0 Å². The number of piperidine rings is 1. The first-order valence-electron chi connectivity index (χ1n) is 11.9. The van der Waals surface area contributed by atoms with Gasteiger partial charge in [-0.3, -0.25) is 4.79 Å². The van der Waals surface area contributed by atoms with Gasteiger partial charge in [-0.05, 0) is 43.9 Å². The Kier molecular flexibility index (Phi) is 7.16. The fourth-order valence-corrected chi connectivity index (χ4v) is 6.06. The van der Waals surface area contributed by atoms with Crippen LogP contribution in [0.4, 0.5) is 8.78 Å². The summed E-state index contributed by atoms with van der Waals surface area (Å²) in [7, 11) is -3.38. The van der Waals surface area contributed by atoms with Crippen molar-refractivity contribution in [3.8, 4) is 5.75 Å². The molecule has 0 unspecified atom stereocenters. The number of hydrogen-bond acceptors (Lipinski definition) is 4. The number of nitrogens with zero attached hydrogens (tertiary/aromatic N) is 1. The molecule has 0 aromatic heterocycles. The van der Waals surface area contributed by atoms with Crippen LogP contribution in [-0.4, -0.2) is 50.3 Å². The van der Waals surface area contributed by atoms with Crippen molar-refractivity contribution in [3.63, 3.8) is 0 Å². The molecular formula is C24H30F2N2O4S. The minimum absolute atomic E-state index is 0.0652. The van der Waals surface area contributed by atoms with Crippen molar-refractivity contribution in [2.24, 2.45) is 0 Å². The van der Waals surface area contributed by atoms with Crippen LogP contribution in [0, 0.1) is 5.82 Å². The van der Waals surface area contributed by atoms with Gasteiger partial charge in [0.25, 0.3) is 5.91 Å². The Balaban J connectivity index is 1.90. The molecule has 6 nitrogen and oxygen atoms in total. The molecule has 1 amide bonds. The molecule has 3 rings (SSSR count). The van der Waals surface area contributed by atoms with Crippen LogP contribution < -0.4 is 10.1 Å². The third-order valence-electron chi connectivity index (χ3n) is 6.35. The highest BCUT2D eigenvalue weighted by Gasteiger charge is 2.43. The standard InChI is InChI=1S/C24H30F2N2O4S/c1-3-16-33(30,31)28-14-12-24(13-15-28,19-8-5-4-6-9-19)18(2)27-23(29)22-20(26)10-7-11-21(22)32-17-25/h4-11,18H,3,12-17H2,1-2H3,(H,27,29)/t18-/m0/s1/i17D2,25-1. The van der Waals surface area contributed by atoms with Crippen LogP contribution in [0.2, 0.25) is 0 Å². The Hall–Kier alpha value is -2.52. The van der Waals surface area contributed by atoms with Crippen LogP contribution >= 0.6 is 0 Å². The van der Waals surface area contributed by atoms with Gasteiger partial charge in [0.1, 0.15) is 19.9 Å². The van der Waals surface area contributed by atoms with Gasteiger partial charge in [0.2, 0.25) is 16.8 Å². The fraction of sp³-hybridized carbons (Fsp3) is 0.458. The predicted molar refractivity (Wildman–Crippen MR) is 123 cm³/mol. The van der Waals surface area contributed by atoms with E-state index >= 15 is 0 Å². The Morgan fingerprint density at radius 2 is 1.88 bits per heavy atom. The van der Waals surface area contributed by atoms with Crippen LogP contribution in [0.3, 0.4) is 0 Å². The van der Waals surface area contributed by atoms with Crippen LogP contribution in [0.5, 0.6) is 5.75 Å². The number of benzene rings is 2. The zero-order chi connectivity index (χ0) is 25.9. The number of rotatable bonds is 9. The summed E-state index contributed by atoms with van der Waals surface area (Å²) in [4.78, 5) is 13.1. The van der Waals surface area contributed by atoms with E-state index in [1.54, 1.807) is 6.92 Å². The third kappa shape index (κ3) is 5.35. The Bertz CT molecular complexity index is 1140. The lowest BCUT2D eigenvalue weighted by Crippen LogP contribution is -2.55. The molecule has 2 aromatic rings. The highest BCUT2D eigenvalue weighted by molar-refractivity contribution is 7.89. The van der Waals surface area contributed by atoms with E-state index in [2.05, 4.69) is 10.1 Å². The first-order chi connectivity index (χ1) is 16.4. The number of alkyl halides is 1. The van der Waals surface area contributed by atoms with Crippen LogP contribution in [0.25, 0.3) is 0 Å². The van der Waals surface area contributed by atoms with Gasteiger partial charge in [-0.25, -0.2) is 21.5 Å². The minimum atomic E-state index is -3.60. The first-order valence-corrected chi connectivity index (χ1v) is 12.5. The quantitative estimate of drug-likeness (QED) is 0.587. The number of ether oxygens (including phenoxy) is 1. The van der Waals surface area contributed by atoms with Crippen LogP contribution in [0.1, 0.15) is 51.8 Å². The van der Waals surface area contributed by atoms with Crippen molar-refractivity contribution in [1.29, 1.82) is 0 Å². The molecule has 1 saturated heterocycles. The number of halogens is 2. The van der Waals surface area contributed by atoms with E-state index in [1.165, 1.54) is 10.4 Å². The third-order valence-corrected chi connectivity index (χ3v) is 8.42. The van der Waals surface area contributed by atoms with E-state index in [1.807, 2.05) is 37.3 Å². The Labute approximate surface area is 196 Å². The molecule has 1 N–H and O–H groups in total. The Morgan fingerprint density at radius 1 is 1.21 bits per heavy atom. The van der Waals surface area contributed by atoms with E-state index < -0.39 is 51.3 Å². The summed E-state index contributed by atoms with van der Waals surface area (Å²) < 4.78 is 73.2.